The van der Waals surface area contributed by atoms with Crippen molar-refractivity contribution < 1.29 is 4.79 Å². The van der Waals surface area contributed by atoms with Gasteiger partial charge in [0.05, 0.1) is 0 Å². The molecular weight excluding hydrogens is 220 g/mol. The van der Waals surface area contributed by atoms with E-state index < -0.39 is 0 Å². The zero-order chi connectivity index (χ0) is 11.5. The number of hydrogen-bond acceptors (Lipinski definition) is 1. The van der Waals surface area contributed by atoms with E-state index in [-0.39, 0.29) is 0 Å². The van der Waals surface area contributed by atoms with Crippen molar-refractivity contribution in [1.82, 2.24) is 0 Å². The summed E-state index contributed by atoms with van der Waals surface area (Å²) in [4.78, 5) is 11.0. The largest absolute Gasteiger partial charge is 0.298 e. The normalized spacial score (nSPS) is 10.1. The summed E-state index contributed by atoms with van der Waals surface area (Å²) in [6.45, 7) is 1.99. The van der Waals surface area contributed by atoms with Crippen LogP contribution in [-0.4, -0.2) is 6.29 Å². The third kappa shape index (κ3) is 2.00. The monoisotopic (exact) mass is 230 g/mol. The Labute approximate surface area is 99.7 Å². The maximum absolute atomic E-state index is 11.0. The van der Waals surface area contributed by atoms with Gasteiger partial charge >= 0.3 is 0 Å². The van der Waals surface area contributed by atoms with Gasteiger partial charge in [0.1, 0.15) is 0 Å². The summed E-state index contributed by atoms with van der Waals surface area (Å²) in [5.41, 5.74) is 3.71. The number of aryl methyl sites for hydroxylation is 1. The minimum absolute atomic E-state index is 0.678. The number of hydrogen-bond donors (Lipinski definition) is 0. The van der Waals surface area contributed by atoms with E-state index in [9.17, 15) is 4.79 Å². The van der Waals surface area contributed by atoms with Crippen LogP contribution in [0.4, 0.5) is 0 Å². The lowest BCUT2D eigenvalue weighted by molar-refractivity contribution is 0.112. The van der Waals surface area contributed by atoms with E-state index in [2.05, 4.69) is 0 Å². The lowest BCUT2D eigenvalue weighted by atomic mass is 9.96. The summed E-state index contributed by atoms with van der Waals surface area (Å²) >= 11 is 5.95. The van der Waals surface area contributed by atoms with E-state index in [1.165, 1.54) is 0 Å². The van der Waals surface area contributed by atoms with Gasteiger partial charge in [-0.1, -0.05) is 41.9 Å². The van der Waals surface area contributed by atoms with Crippen LogP contribution >= 0.6 is 11.6 Å². The van der Waals surface area contributed by atoms with E-state index in [1.807, 2.05) is 49.4 Å². The molecule has 0 radical (unpaired) electrons. The molecule has 0 saturated heterocycles. The second-order valence-corrected chi connectivity index (χ2v) is 4.10. The fraction of sp³-hybridized carbons (Fsp3) is 0.0714. The minimum atomic E-state index is 0.678. The topological polar surface area (TPSA) is 17.1 Å². The van der Waals surface area contributed by atoms with Crippen LogP contribution in [0.2, 0.25) is 5.02 Å². The van der Waals surface area contributed by atoms with Crippen LogP contribution in [0.25, 0.3) is 11.1 Å². The summed E-state index contributed by atoms with van der Waals surface area (Å²) in [5.74, 6) is 0. The van der Waals surface area contributed by atoms with Gasteiger partial charge in [0.25, 0.3) is 0 Å². The quantitative estimate of drug-likeness (QED) is 0.709. The molecule has 2 aromatic rings. The molecule has 2 heteroatoms. The second kappa shape index (κ2) is 4.50. The fourth-order valence-electron chi connectivity index (χ4n) is 1.83. The number of benzene rings is 2. The molecule has 0 saturated carbocycles. The van der Waals surface area contributed by atoms with Crippen LogP contribution in [0.1, 0.15) is 15.9 Å². The molecule has 2 rings (SSSR count). The number of carbonyl (C=O) groups is 1. The Morgan fingerprint density at radius 2 is 1.88 bits per heavy atom. The Morgan fingerprint density at radius 1 is 1.12 bits per heavy atom. The number of rotatable bonds is 2. The van der Waals surface area contributed by atoms with Crippen molar-refractivity contribution in [1.29, 1.82) is 0 Å². The van der Waals surface area contributed by atoms with E-state index in [0.717, 1.165) is 23.0 Å². The zero-order valence-corrected chi connectivity index (χ0v) is 9.66. The summed E-state index contributed by atoms with van der Waals surface area (Å²) < 4.78 is 0. The Bertz CT molecular complexity index is 532. The molecule has 2 aromatic carbocycles. The van der Waals surface area contributed by atoms with Crippen molar-refractivity contribution in [2.24, 2.45) is 0 Å². The molecule has 0 bridgehead atoms. The number of carbonyl (C=O) groups excluding carboxylic acids is 1. The highest BCUT2D eigenvalue weighted by Gasteiger charge is 2.07. The molecule has 80 valence electrons. The van der Waals surface area contributed by atoms with Crippen LogP contribution < -0.4 is 0 Å². The molecule has 0 fully saturated rings. The summed E-state index contributed by atoms with van der Waals surface area (Å²) in [7, 11) is 0. The van der Waals surface area contributed by atoms with Crippen LogP contribution in [0.3, 0.4) is 0 Å². The Hall–Kier alpha value is -1.60. The molecule has 0 aliphatic rings. The van der Waals surface area contributed by atoms with Crippen molar-refractivity contribution in [2.45, 2.75) is 6.92 Å². The Balaban J connectivity index is 2.67. The summed E-state index contributed by atoms with van der Waals surface area (Å²) in [6, 6.07) is 13.2. The molecule has 0 aliphatic heterocycles. The Morgan fingerprint density at radius 3 is 2.56 bits per heavy atom. The van der Waals surface area contributed by atoms with Gasteiger partial charge in [-0.3, -0.25) is 4.79 Å². The fourth-order valence-corrected chi connectivity index (χ4v) is 2.02. The standard InChI is InChI=1S/C14H11ClO/c1-10-4-2-6-12(9-16)14(10)11-5-3-7-13(15)8-11/h2-9H,1H3. The molecule has 0 spiro atoms. The van der Waals surface area contributed by atoms with Gasteiger partial charge < -0.3 is 0 Å². The SMILES string of the molecule is Cc1cccc(C=O)c1-c1cccc(Cl)c1. The molecule has 0 unspecified atom stereocenters. The molecule has 1 nitrogen and oxygen atoms in total. The van der Waals surface area contributed by atoms with Gasteiger partial charge in [0, 0.05) is 10.6 Å². The summed E-state index contributed by atoms with van der Waals surface area (Å²) in [5, 5.41) is 0.678. The van der Waals surface area contributed by atoms with Crippen LogP contribution in [0.5, 0.6) is 0 Å². The van der Waals surface area contributed by atoms with Crippen molar-refractivity contribution in [3.8, 4) is 11.1 Å². The van der Waals surface area contributed by atoms with Gasteiger partial charge in [-0.2, -0.15) is 0 Å². The van der Waals surface area contributed by atoms with Crippen molar-refractivity contribution >= 4 is 17.9 Å². The van der Waals surface area contributed by atoms with Gasteiger partial charge in [-0.05, 0) is 35.7 Å². The van der Waals surface area contributed by atoms with Crippen molar-refractivity contribution in [3.63, 3.8) is 0 Å². The molecule has 0 aliphatic carbocycles. The first-order valence-corrected chi connectivity index (χ1v) is 5.41. The van der Waals surface area contributed by atoms with Gasteiger partial charge in [-0.15, -0.1) is 0 Å². The van der Waals surface area contributed by atoms with Crippen molar-refractivity contribution in [3.05, 3.63) is 58.6 Å². The van der Waals surface area contributed by atoms with Gasteiger partial charge in [-0.25, -0.2) is 0 Å². The first-order chi connectivity index (χ1) is 7.72. The number of aldehydes is 1. The Kier molecular flexibility index (Phi) is 3.07. The molecule has 0 amide bonds. The molecule has 16 heavy (non-hydrogen) atoms. The molecular formula is C14H11ClO. The molecule has 0 aromatic heterocycles. The van der Waals surface area contributed by atoms with Crippen molar-refractivity contribution in [2.75, 3.05) is 0 Å². The van der Waals surface area contributed by atoms with Crippen LogP contribution in [0, 0.1) is 6.92 Å². The highest BCUT2D eigenvalue weighted by molar-refractivity contribution is 6.30. The van der Waals surface area contributed by atoms with E-state index in [4.69, 9.17) is 11.6 Å². The average Bonchev–Trinajstić information content (AvgIpc) is 2.28. The van der Waals surface area contributed by atoms with E-state index in [1.54, 1.807) is 0 Å². The zero-order valence-electron chi connectivity index (χ0n) is 8.91. The third-order valence-electron chi connectivity index (χ3n) is 2.55. The first-order valence-electron chi connectivity index (χ1n) is 5.03. The average molecular weight is 231 g/mol. The third-order valence-corrected chi connectivity index (χ3v) is 2.78. The number of halogens is 1. The minimum Gasteiger partial charge on any atom is -0.298 e. The van der Waals surface area contributed by atoms with Crippen LogP contribution in [-0.2, 0) is 0 Å². The predicted molar refractivity (Wildman–Crippen MR) is 67.0 cm³/mol. The van der Waals surface area contributed by atoms with Crippen LogP contribution in [0.15, 0.2) is 42.5 Å². The molecule has 0 N–H and O–H groups in total. The van der Waals surface area contributed by atoms with E-state index >= 15 is 0 Å². The lowest BCUT2D eigenvalue weighted by Gasteiger charge is -2.09. The maximum atomic E-state index is 11.0. The molecule has 0 heterocycles. The highest BCUT2D eigenvalue weighted by atomic mass is 35.5. The van der Waals surface area contributed by atoms with Gasteiger partial charge in [0.15, 0.2) is 6.29 Å². The lowest BCUT2D eigenvalue weighted by Crippen LogP contribution is -1.90. The smallest absolute Gasteiger partial charge is 0.150 e. The first kappa shape index (κ1) is 10.9. The second-order valence-electron chi connectivity index (χ2n) is 3.67. The summed E-state index contributed by atoms with van der Waals surface area (Å²) in [6.07, 6.45) is 0.878. The molecule has 0 atom stereocenters. The highest BCUT2D eigenvalue weighted by Crippen LogP contribution is 2.28. The van der Waals surface area contributed by atoms with Gasteiger partial charge in [0.2, 0.25) is 0 Å². The maximum Gasteiger partial charge on any atom is 0.150 e. The van der Waals surface area contributed by atoms with E-state index in [0.29, 0.717) is 10.6 Å². The predicted octanol–water partition coefficient (Wildman–Crippen LogP) is 4.13.